The smallest absolute Gasteiger partial charge is 0.306 e. The molecule has 3 atom stereocenters. The number of hydrogen-bond acceptors (Lipinski definition) is 5. The summed E-state index contributed by atoms with van der Waals surface area (Å²) < 4.78 is 4.82. The quantitative estimate of drug-likeness (QED) is 0.501. The molecule has 0 aromatic rings. The van der Waals surface area contributed by atoms with Crippen molar-refractivity contribution in [3.8, 4) is 0 Å². The molecule has 132 valence electrons. The summed E-state index contributed by atoms with van der Waals surface area (Å²) in [5.74, 6) is -2.79. The molecule has 0 fully saturated rings. The molecule has 0 heterocycles. The van der Waals surface area contributed by atoms with Crippen LogP contribution in [0.15, 0.2) is 0 Å². The van der Waals surface area contributed by atoms with E-state index in [0.717, 1.165) is 0 Å². The molecule has 0 saturated carbocycles. The summed E-state index contributed by atoms with van der Waals surface area (Å²) in [6.07, 6.45) is -0.0474. The van der Waals surface area contributed by atoms with Crippen LogP contribution < -0.4 is 16.4 Å². The van der Waals surface area contributed by atoms with Crippen molar-refractivity contribution in [2.45, 2.75) is 53.1 Å². The van der Waals surface area contributed by atoms with Gasteiger partial charge >= 0.3 is 5.97 Å². The Morgan fingerprint density at radius 1 is 1.04 bits per heavy atom. The molecule has 0 aromatic carbocycles. The van der Waals surface area contributed by atoms with Gasteiger partial charge < -0.3 is 21.1 Å². The maximum absolute atomic E-state index is 12.3. The minimum absolute atomic E-state index is 0.0474. The summed E-state index contributed by atoms with van der Waals surface area (Å²) in [7, 11) is 0. The van der Waals surface area contributed by atoms with Crippen molar-refractivity contribution in [2.24, 2.45) is 17.6 Å². The highest BCUT2D eigenvalue weighted by Crippen LogP contribution is 2.11. The third-order valence-electron chi connectivity index (χ3n) is 3.28. The Hall–Kier alpha value is -2.12. The first-order valence-electron chi connectivity index (χ1n) is 7.62. The highest BCUT2D eigenvalue weighted by molar-refractivity contribution is 5.91. The fourth-order valence-electron chi connectivity index (χ4n) is 2.09. The van der Waals surface area contributed by atoms with E-state index in [4.69, 9.17) is 10.5 Å². The van der Waals surface area contributed by atoms with E-state index >= 15 is 0 Å². The van der Waals surface area contributed by atoms with Gasteiger partial charge in [0.1, 0.15) is 12.1 Å². The van der Waals surface area contributed by atoms with Gasteiger partial charge in [-0.05, 0) is 18.8 Å². The van der Waals surface area contributed by atoms with Gasteiger partial charge in [0.25, 0.3) is 0 Å². The number of ether oxygens (including phenoxy) is 1. The first kappa shape index (κ1) is 20.9. The number of primary amides is 1. The summed E-state index contributed by atoms with van der Waals surface area (Å²) in [4.78, 5) is 46.6. The third kappa shape index (κ3) is 7.62. The average Bonchev–Trinajstić information content (AvgIpc) is 2.40. The fourth-order valence-corrected chi connectivity index (χ4v) is 2.09. The lowest BCUT2D eigenvalue weighted by molar-refractivity contribution is -0.145. The Morgan fingerprint density at radius 2 is 1.61 bits per heavy atom. The van der Waals surface area contributed by atoms with Crippen LogP contribution in [0.3, 0.4) is 0 Å². The molecular weight excluding hydrogens is 302 g/mol. The first-order chi connectivity index (χ1) is 10.6. The normalized spacial score (nSPS) is 14.5. The van der Waals surface area contributed by atoms with Gasteiger partial charge in [0.05, 0.1) is 13.0 Å². The topological polar surface area (TPSA) is 128 Å². The Balaban J connectivity index is 4.97. The maximum atomic E-state index is 12.3. The molecule has 0 rings (SSSR count). The number of esters is 1. The molecule has 4 N–H and O–H groups in total. The number of rotatable bonds is 9. The molecule has 0 aliphatic carbocycles. The predicted molar refractivity (Wildman–Crippen MR) is 84.0 cm³/mol. The molecule has 0 radical (unpaired) electrons. The van der Waals surface area contributed by atoms with Gasteiger partial charge in [-0.2, -0.15) is 0 Å². The molecule has 0 unspecified atom stereocenters. The van der Waals surface area contributed by atoms with Gasteiger partial charge in [-0.25, -0.2) is 0 Å². The Morgan fingerprint density at radius 3 is 2.00 bits per heavy atom. The average molecular weight is 329 g/mol. The molecule has 0 aliphatic rings. The van der Waals surface area contributed by atoms with Crippen LogP contribution in [0.5, 0.6) is 0 Å². The molecule has 0 bridgehead atoms. The SMILES string of the molecule is CCOC(=O)C[C@@H](C)[C@@H](NC(=O)[C@H](NC(C)=O)C(C)C)C(N)=O. The number of amides is 3. The summed E-state index contributed by atoms with van der Waals surface area (Å²) in [5.41, 5.74) is 5.32. The van der Waals surface area contributed by atoms with E-state index in [1.807, 2.05) is 0 Å². The van der Waals surface area contributed by atoms with Crippen molar-refractivity contribution >= 4 is 23.7 Å². The minimum Gasteiger partial charge on any atom is -0.466 e. The predicted octanol–water partition coefficient (Wildman–Crippen LogP) is -0.293. The Kier molecular flexibility index (Phi) is 8.90. The number of nitrogens with one attached hydrogen (secondary N) is 2. The van der Waals surface area contributed by atoms with E-state index in [1.165, 1.54) is 6.92 Å². The highest BCUT2D eigenvalue weighted by atomic mass is 16.5. The van der Waals surface area contributed by atoms with Gasteiger partial charge in [0, 0.05) is 6.92 Å². The summed E-state index contributed by atoms with van der Waals surface area (Å²) in [5, 5.41) is 5.04. The van der Waals surface area contributed by atoms with E-state index in [0.29, 0.717) is 0 Å². The molecular formula is C15H27N3O5. The van der Waals surface area contributed by atoms with Crippen LogP contribution in [-0.2, 0) is 23.9 Å². The Labute approximate surface area is 136 Å². The van der Waals surface area contributed by atoms with Crippen molar-refractivity contribution in [3.05, 3.63) is 0 Å². The van der Waals surface area contributed by atoms with E-state index in [9.17, 15) is 19.2 Å². The van der Waals surface area contributed by atoms with Gasteiger partial charge in [0.15, 0.2) is 0 Å². The molecule has 3 amide bonds. The number of carbonyl (C=O) groups is 4. The zero-order valence-corrected chi connectivity index (χ0v) is 14.3. The van der Waals surface area contributed by atoms with E-state index < -0.39 is 35.8 Å². The molecule has 0 aliphatic heterocycles. The number of carbonyl (C=O) groups excluding carboxylic acids is 4. The molecule has 8 nitrogen and oxygen atoms in total. The second-order valence-corrected chi connectivity index (χ2v) is 5.80. The van der Waals surface area contributed by atoms with E-state index in [2.05, 4.69) is 10.6 Å². The molecule has 23 heavy (non-hydrogen) atoms. The molecule has 0 aromatic heterocycles. The fraction of sp³-hybridized carbons (Fsp3) is 0.733. The van der Waals surface area contributed by atoms with Crippen LogP contribution in [0.2, 0.25) is 0 Å². The van der Waals surface area contributed by atoms with Crippen molar-refractivity contribution in [2.75, 3.05) is 6.61 Å². The lowest BCUT2D eigenvalue weighted by atomic mass is 9.96. The van der Waals surface area contributed by atoms with Crippen molar-refractivity contribution in [1.82, 2.24) is 10.6 Å². The second-order valence-electron chi connectivity index (χ2n) is 5.80. The van der Waals surface area contributed by atoms with Crippen molar-refractivity contribution < 1.29 is 23.9 Å². The lowest BCUT2D eigenvalue weighted by Gasteiger charge is -2.26. The highest BCUT2D eigenvalue weighted by Gasteiger charge is 2.31. The van der Waals surface area contributed by atoms with Crippen LogP contribution in [0.1, 0.15) is 41.0 Å². The molecule has 0 spiro atoms. The molecule has 8 heteroatoms. The van der Waals surface area contributed by atoms with E-state index in [1.54, 1.807) is 27.7 Å². The summed E-state index contributed by atoms with van der Waals surface area (Å²) in [6, 6.07) is -1.81. The zero-order chi connectivity index (χ0) is 18.2. The van der Waals surface area contributed by atoms with Gasteiger partial charge in [-0.15, -0.1) is 0 Å². The Bertz CT molecular complexity index is 450. The summed E-state index contributed by atoms with van der Waals surface area (Å²) in [6.45, 7) is 8.36. The van der Waals surface area contributed by atoms with Crippen molar-refractivity contribution in [3.63, 3.8) is 0 Å². The first-order valence-corrected chi connectivity index (χ1v) is 7.62. The van der Waals surface area contributed by atoms with Crippen LogP contribution in [0, 0.1) is 11.8 Å². The summed E-state index contributed by atoms with van der Waals surface area (Å²) >= 11 is 0. The maximum Gasteiger partial charge on any atom is 0.306 e. The van der Waals surface area contributed by atoms with Gasteiger partial charge in [-0.3, -0.25) is 19.2 Å². The van der Waals surface area contributed by atoms with E-state index in [-0.39, 0.29) is 24.9 Å². The van der Waals surface area contributed by atoms with Crippen molar-refractivity contribution in [1.29, 1.82) is 0 Å². The largest absolute Gasteiger partial charge is 0.466 e. The minimum atomic E-state index is -1.03. The number of hydrogen-bond donors (Lipinski definition) is 3. The monoisotopic (exact) mass is 329 g/mol. The number of nitrogens with two attached hydrogens (primary N) is 1. The lowest BCUT2D eigenvalue weighted by Crippen LogP contribution is -2.56. The second kappa shape index (κ2) is 9.81. The van der Waals surface area contributed by atoms with Gasteiger partial charge in [0.2, 0.25) is 17.7 Å². The van der Waals surface area contributed by atoms with Crippen LogP contribution in [-0.4, -0.2) is 42.4 Å². The standard InChI is InChI=1S/C15H27N3O5/c1-6-23-11(20)7-9(4)13(14(16)21)18-15(22)12(8(2)3)17-10(5)19/h8-9,12-13H,6-7H2,1-5H3,(H2,16,21)(H,17,19)(H,18,22)/t9-,12-,13-/m1/s1. The van der Waals surface area contributed by atoms with Gasteiger partial charge in [-0.1, -0.05) is 20.8 Å². The van der Waals surface area contributed by atoms with Crippen LogP contribution >= 0.6 is 0 Å². The molecule has 0 saturated heterocycles. The van der Waals surface area contributed by atoms with Crippen LogP contribution in [0.25, 0.3) is 0 Å². The third-order valence-corrected chi connectivity index (χ3v) is 3.28. The zero-order valence-electron chi connectivity index (χ0n) is 14.3. The van der Waals surface area contributed by atoms with Crippen LogP contribution in [0.4, 0.5) is 0 Å².